The summed E-state index contributed by atoms with van der Waals surface area (Å²) in [6, 6.07) is 12.0. The smallest absolute Gasteiger partial charge is 0.240 e. The molecule has 0 saturated carbocycles. The zero-order chi connectivity index (χ0) is 17.9. The normalized spacial score (nSPS) is 12.2. The molecule has 6 nitrogen and oxygen atoms in total. The summed E-state index contributed by atoms with van der Waals surface area (Å²) in [4.78, 5) is 6.16. The van der Waals surface area contributed by atoms with E-state index >= 15 is 0 Å². The minimum absolute atomic E-state index is 0.158. The van der Waals surface area contributed by atoms with Gasteiger partial charge in [-0.25, -0.2) is 18.1 Å². The largest absolute Gasteiger partial charge is 0.369 e. The predicted octanol–water partition coefficient (Wildman–Crippen LogP) is 3.20. The van der Waals surface area contributed by atoms with Crippen molar-refractivity contribution >= 4 is 59.2 Å². The van der Waals surface area contributed by atoms with Crippen molar-refractivity contribution in [2.45, 2.75) is 4.90 Å². The molecular weight excluding hydrogens is 460 g/mol. The van der Waals surface area contributed by atoms with Crippen LogP contribution in [0.2, 0.25) is 0 Å². The quantitative estimate of drug-likeness (QED) is 0.525. The summed E-state index contributed by atoms with van der Waals surface area (Å²) < 4.78 is 27.8. The van der Waals surface area contributed by atoms with E-state index in [4.69, 9.17) is 5.73 Å². The topological polar surface area (TPSA) is 87.8 Å². The standard InChI is InChI=1S/C15H16Br2N4O2S/c1-19-24(22,23)12-5-3-4-11(9-12)21(2)15(18)20-14-8-10(16)6-7-13(14)17/h3-9,19H,1-2H3,(H2,18,20). The molecule has 2 aromatic carbocycles. The van der Waals surface area contributed by atoms with Crippen LogP contribution in [0.3, 0.4) is 0 Å². The number of anilines is 1. The molecule has 0 atom stereocenters. The van der Waals surface area contributed by atoms with E-state index in [9.17, 15) is 8.42 Å². The summed E-state index contributed by atoms with van der Waals surface area (Å²) in [5.74, 6) is 0.229. The Kier molecular flexibility index (Phi) is 6.02. The highest BCUT2D eigenvalue weighted by molar-refractivity contribution is 9.11. The first-order valence-corrected chi connectivity index (χ1v) is 9.88. The van der Waals surface area contributed by atoms with Crippen LogP contribution in [0.15, 0.2) is 61.3 Å². The van der Waals surface area contributed by atoms with Crippen molar-refractivity contribution in [2.24, 2.45) is 10.7 Å². The second kappa shape index (κ2) is 7.64. The van der Waals surface area contributed by atoms with Crippen LogP contribution in [0.4, 0.5) is 11.4 Å². The molecule has 2 rings (SSSR count). The highest BCUT2D eigenvalue weighted by atomic mass is 79.9. The maximum Gasteiger partial charge on any atom is 0.240 e. The van der Waals surface area contributed by atoms with Gasteiger partial charge >= 0.3 is 0 Å². The zero-order valence-corrected chi connectivity index (χ0v) is 17.0. The molecule has 0 aliphatic carbocycles. The number of aliphatic imine (C=N–C) groups is 1. The lowest BCUT2D eigenvalue weighted by Crippen LogP contribution is -2.33. The number of rotatable bonds is 4. The second-order valence-corrected chi connectivity index (χ2v) is 8.49. The third-order valence-electron chi connectivity index (χ3n) is 3.27. The van der Waals surface area contributed by atoms with E-state index < -0.39 is 10.0 Å². The molecule has 0 saturated heterocycles. The van der Waals surface area contributed by atoms with Crippen LogP contribution in [0, 0.1) is 0 Å². The fourth-order valence-electron chi connectivity index (χ4n) is 1.88. The number of nitrogens with zero attached hydrogens (tertiary/aromatic N) is 2. The van der Waals surface area contributed by atoms with Gasteiger partial charge in [-0.2, -0.15) is 0 Å². The lowest BCUT2D eigenvalue weighted by molar-refractivity contribution is 0.588. The number of nitrogens with two attached hydrogens (primary N) is 1. The van der Waals surface area contributed by atoms with Crippen LogP contribution in [0.25, 0.3) is 0 Å². The van der Waals surface area contributed by atoms with Crippen molar-refractivity contribution in [1.82, 2.24) is 4.72 Å². The Morgan fingerprint density at radius 1 is 1.21 bits per heavy atom. The Labute approximate surface area is 158 Å². The van der Waals surface area contributed by atoms with Crippen molar-refractivity contribution in [3.05, 3.63) is 51.4 Å². The predicted molar refractivity (Wildman–Crippen MR) is 104 cm³/mol. The summed E-state index contributed by atoms with van der Waals surface area (Å²) in [6.45, 7) is 0. The summed E-state index contributed by atoms with van der Waals surface area (Å²) in [7, 11) is -0.437. The van der Waals surface area contributed by atoms with Crippen LogP contribution in [-0.4, -0.2) is 28.5 Å². The van der Waals surface area contributed by atoms with E-state index in [1.807, 2.05) is 18.2 Å². The van der Waals surface area contributed by atoms with Crippen LogP contribution < -0.4 is 15.4 Å². The number of halogens is 2. The van der Waals surface area contributed by atoms with E-state index in [1.54, 1.807) is 24.1 Å². The fourth-order valence-corrected chi connectivity index (χ4v) is 3.33. The molecule has 2 aromatic rings. The summed E-state index contributed by atoms with van der Waals surface area (Å²) in [6.07, 6.45) is 0. The molecule has 0 radical (unpaired) electrons. The third-order valence-corrected chi connectivity index (χ3v) is 5.85. The fraction of sp³-hybridized carbons (Fsp3) is 0.133. The molecular formula is C15H16Br2N4O2S. The first-order valence-electron chi connectivity index (χ1n) is 6.81. The van der Waals surface area contributed by atoms with Gasteiger partial charge in [-0.1, -0.05) is 22.0 Å². The average molecular weight is 476 g/mol. The van der Waals surface area contributed by atoms with Crippen molar-refractivity contribution in [2.75, 3.05) is 19.0 Å². The molecule has 128 valence electrons. The maximum atomic E-state index is 11.9. The molecule has 0 aliphatic heterocycles. The van der Waals surface area contributed by atoms with E-state index in [0.717, 1.165) is 8.95 Å². The highest BCUT2D eigenvalue weighted by Crippen LogP contribution is 2.29. The van der Waals surface area contributed by atoms with E-state index in [-0.39, 0.29) is 10.9 Å². The Hall–Kier alpha value is -1.42. The van der Waals surface area contributed by atoms with Gasteiger partial charge in [0, 0.05) is 21.7 Å². The Balaban J connectivity index is 2.38. The van der Waals surface area contributed by atoms with Crippen molar-refractivity contribution in [3.63, 3.8) is 0 Å². The van der Waals surface area contributed by atoms with E-state index in [1.165, 1.54) is 19.2 Å². The van der Waals surface area contributed by atoms with Crippen molar-refractivity contribution in [1.29, 1.82) is 0 Å². The summed E-state index contributed by atoms with van der Waals surface area (Å²) >= 11 is 6.81. The van der Waals surface area contributed by atoms with Crippen LogP contribution in [-0.2, 0) is 10.0 Å². The van der Waals surface area contributed by atoms with Gasteiger partial charge in [-0.3, -0.25) is 0 Å². The van der Waals surface area contributed by atoms with E-state index in [2.05, 4.69) is 41.6 Å². The highest BCUT2D eigenvalue weighted by Gasteiger charge is 2.14. The number of benzene rings is 2. The van der Waals surface area contributed by atoms with Gasteiger partial charge in [0.1, 0.15) is 0 Å². The van der Waals surface area contributed by atoms with Gasteiger partial charge in [0.25, 0.3) is 0 Å². The molecule has 0 aliphatic rings. The Bertz CT molecular complexity index is 885. The zero-order valence-electron chi connectivity index (χ0n) is 13.0. The third kappa shape index (κ3) is 4.35. The first-order chi connectivity index (χ1) is 11.2. The maximum absolute atomic E-state index is 11.9. The first kappa shape index (κ1) is 18.9. The van der Waals surface area contributed by atoms with Gasteiger partial charge in [0.15, 0.2) is 0 Å². The van der Waals surface area contributed by atoms with E-state index in [0.29, 0.717) is 11.4 Å². The van der Waals surface area contributed by atoms with Gasteiger partial charge in [0.05, 0.1) is 10.6 Å². The Morgan fingerprint density at radius 2 is 1.92 bits per heavy atom. The number of hydrogen-bond acceptors (Lipinski definition) is 3. The number of guanidine groups is 1. The minimum atomic E-state index is -3.52. The van der Waals surface area contributed by atoms with Crippen LogP contribution >= 0.6 is 31.9 Å². The molecule has 0 spiro atoms. The number of hydrogen-bond donors (Lipinski definition) is 2. The molecule has 0 aromatic heterocycles. The monoisotopic (exact) mass is 474 g/mol. The molecule has 0 fully saturated rings. The summed E-state index contributed by atoms with van der Waals surface area (Å²) in [5.41, 5.74) is 7.34. The van der Waals surface area contributed by atoms with Crippen molar-refractivity contribution in [3.8, 4) is 0 Å². The molecule has 0 heterocycles. The molecule has 9 heteroatoms. The number of nitrogens with one attached hydrogen (secondary N) is 1. The van der Waals surface area contributed by atoms with Gasteiger partial charge in [-0.05, 0) is 59.4 Å². The number of sulfonamides is 1. The molecule has 24 heavy (non-hydrogen) atoms. The summed E-state index contributed by atoms with van der Waals surface area (Å²) in [5, 5.41) is 0. The minimum Gasteiger partial charge on any atom is -0.369 e. The van der Waals surface area contributed by atoms with Crippen molar-refractivity contribution < 1.29 is 8.42 Å². The SMILES string of the molecule is CNS(=O)(=O)c1cccc(N(C)C(N)=Nc2cc(Br)ccc2Br)c1. The van der Waals surface area contributed by atoms with Gasteiger partial charge in [0.2, 0.25) is 16.0 Å². The lowest BCUT2D eigenvalue weighted by atomic mass is 10.3. The molecule has 3 N–H and O–H groups in total. The molecule has 0 bridgehead atoms. The average Bonchev–Trinajstić information content (AvgIpc) is 2.57. The molecule has 0 amide bonds. The second-order valence-electron chi connectivity index (χ2n) is 4.83. The van der Waals surface area contributed by atoms with Crippen LogP contribution in [0.1, 0.15) is 0 Å². The van der Waals surface area contributed by atoms with Gasteiger partial charge < -0.3 is 10.6 Å². The van der Waals surface area contributed by atoms with Gasteiger partial charge in [-0.15, -0.1) is 0 Å². The van der Waals surface area contributed by atoms with Crippen LogP contribution in [0.5, 0.6) is 0 Å². The Morgan fingerprint density at radius 3 is 2.58 bits per heavy atom. The molecule has 0 unspecified atom stereocenters. The lowest BCUT2D eigenvalue weighted by Gasteiger charge is -2.19.